The van der Waals surface area contributed by atoms with E-state index in [-0.39, 0.29) is 18.2 Å². The van der Waals surface area contributed by atoms with Crippen molar-refractivity contribution in [2.24, 2.45) is 0 Å². The molecular weight excluding hydrogens is 347 g/mol. The number of hydrogen-bond donors (Lipinski definition) is 1. The SMILES string of the molecule is O=C([NH2+]Cc1ccccc1OC(F)(F)F)c1ccc(N2CCCC2)nc1. The van der Waals surface area contributed by atoms with Crippen molar-refractivity contribution in [2.45, 2.75) is 25.7 Å². The van der Waals surface area contributed by atoms with Crippen LogP contribution in [0.4, 0.5) is 19.0 Å². The zero-order valence-corrected chi connectivity index (χ0v) is 14.0. The van der Waals surface area contributed by atoms with Crippen LogP contribution in [0.3, 0.4) is 0 Å². The summed E-state index contributed by atoms with van der Waals surface area (Å²) in [6.07, 6.45) is -0.995. The number of primary amides is 1. The number of aromatic nitrogens is 1. The van der Waals surface area contributed by atoms with Gasteiger partial charge in [0.1, 0.15) is 18.1 Å². The van der Waals surface area contributed by atoms with Crippen LogP contribution >= 0.6 is 0 Å². The number of alkyl halides is 3. The van der Waals surface area contributed by atoms with E-state index in [2.05, 4.69) is 14.6 Å². The number of benzene rings is 1. The van der Waals surface area contributed by atoms with Crippen molar-refractivity contribution in [1.82, 2.24) is 4.98 Å². The number of amides is 1. The molecule has 2 heterocycles. The lowest BCUT2D eigenvalue weighted by Crippen LogP contribution is -2.86. The lowest BCUT2D eigenvalue weighted by molar-refractivity contribution is -0.572. The molecule has 1 aromatic heterocycles. The average molecular weight is 366 g/mol. The van der Waals surface area contributed by atoms with Gasteiger partial charge in [-0.15, -0.1) is 13.2 Å². The number of rotatable bonds is 5. The molecule has 0 radical (unpaired) electrons. The molecule has 1 aliphatic heterocycles. The van der Waals surface area contributed by atoms with E-state index in [0.717, 1.165) is 31.7 Å². The van der Waals surface area contributed by atoms with Crippen molar-refractivity contribution in [3.63, 3.8) is 0 Å². The molecule has 0 atom stereocenters. The summed E-state index contributed by atoms with van der Waals surface area (Å²) >= 11 is 0. The molecule has 0 bridgehead atoms. The zero-order chi connectivity index (χ0) is 18.6. The Morgan fingerprint density at radius 3 is 2.54 bits per heavy atom. The van der Waals surface area contributed by atoms with Crippen molar-refractivity contribution in [2.75, 3.05) is 18.0 Å². The molecule has 2 N–H and O–H groups in total. The molecule has 8 heteroatoms. The fourth-order valence-electron chi connectivity index (χ4n) is 2.88. The van der Waals surface area contributed by atoms with E-state index < -0.39 is 6.36 Å². The first kappa shape index (κ1) is 18.2. The second-order valence-corrected chi connectivity index (χ2v) is 6.03. The number of hydrogen-bond acceptors (Lipinski definition) is 4. The van der Waals surface area contributed by atoms with E-state index in [1.807, 2.05) is 0 Å². The van der Waals surface area contributed by atoms with Gasteiger partial charge in [-0.05, 0) is 37.1 Å². The number of anilines is 1. The summed E-state index contributed by atoms with van der Waals surface area (Å²) in [5.41, 5.74) is 0.696. The zero-order valence-electron chi connectivity index (χ0n) is 14.0. The highest BCUT2D eigenvalue weighted by atomic mass is 19.4. The Kier molecular flexibility index (Phi) is 5.41. The fourth-order valence-corrected chi connectivity index (χ4v) is 2.88. The third kappa shape index (κ3) is 4.72. The monoisotopic (exact) mass is 366 g/mol. The van der Waals surface area contributed by atoms with Gasteiger partial charge in [-0.1, -0.05) is 12.1 Å². The van der Waals surface area contributed by atoms with Crippen LogP contribution in [0.15, 0.2) is 42.6 Å². The minimum Gasteiger partial charge on any atom is -0.405 e. The molecule has 5 nitrogen and oxygen atoms in total. The van der Waals surface area contributed by atoms with E-state index in [0.29, 0.717) is 11.1 Å². The second-order valence-electron chi connectivity index (χ2n) is 6.03. The van der Waals surface area contributed by atoms with Crippen LogP contribution in [-0.4, -0.2) is 30.3 Å². The van der Waals surface area contributed by atoms with Gasteiger partial charge in [0.05, 0.1) is 5.56 Å². The number of pyridine rings is 1. The third-order valence-corrected chi connectivity index (χ3v) is 4.17. The number of ether oxygens (including phenoxy) is 1. The van der Waals surface area contributed by atoms with Crippen molar-refractivity contribution >= 4 is 11.7 Å². The Hall–Kier alpha value is -2.61. The van der Waals surface area contributed by atoms with Gasteiger partial charge in [-0.2, -0.15) is 0 Å². The smallest absolute Gasteiger partial charge is 0.405 e. The Morgan fingerprint density at radius 1 is 1.15 bits per heavy atom. The molecule has 0 aliphatic carbocycles. The first-order chi connectivity index (χ1) is 12.4. The van der Waals surface area contributed by atoms with Crippen LogP contribution in [0.5, 0.6) is 5.75 Å². The highest BCUT2D eigenvalue weighted by molar-refractivity contribution is 5.86. The predicted molar refractivity (Wildman–Crippen MR) is 88.8 cm³/mol. The highest BCUT2D eigenvalue weighted by Gasteiger charge is 2.32. The summed E-state index contributed by atoms with van der Waals surface area (Å²) in [5, 5.41) is 1.34. The number of nitrogens with zero attached hydrogens (tertiary/aromatic N) is 2. The maximum Gasteiger partial charge on any atom is 0.573 e. The number of para-hydroxylation sites is 1. The summed E-state index contributed by atoms with van der Waals surface area (Å²) in [7, 11) is 0. The van der Waals surface area contributed by atoms with Gasteiger partial charge in [0.2, 0.25) is 0 Å². The molecule has 138 valence electrons. The molecule has 1 aromatic carbocycles. The Morgan fingerprint density at radius 2 is 1.88 bits per heavy atom. The number of halogens is 3. The van der Waals surface area contributed by atoms with Gasteiger partial charge in [0.25, 0.3) is 0 Å². The summed E-state index contributed by atoms with van der Waals surface area (Å²) in [6.45, 7) is 1.96. The minimum atomic E-state index is -4.77. The fraction of sp³-hybridized carbons (Fsp3) is 0.333. The van der Waals surface area contributed by atoms with Gasteiger partial charge in [-0.25, -0.2) is 9.78 Å². The molecule has 0 unspecified atom stereocenters. The van der Waals surface area contributed by atoms with Crippen molar-refractivity contribution in [3.05, 3.63) is 53.7 Å². The number of quaternary nitrogens is 1. The van der Waals surface area contributed by atoms with E-state index in [9.17, 15) is 18.0 Å². The number of carbonyl (C=O) groups excluding carboxylic acids is 1. The standard InChI is InChI=1S/C18H18F3N3O2/c19-18(20,21)26-15-6-2-1-5-13(15)11-23-17(25)14-7-8-16(22-12-14)24-9-3-4-10-24/h1-2,5-8,12H,3-4,9-11H2,(H,23,25)/p+1. The lowest BCUT2D eigenvalue weighted by Gasteiger charge is -2.15. The van der Waals surface area contributed by atoms with Gasteiger partial charge in [0.15, 0.2) is 0 Å². The third-order valence-electron chi connectivity index (χ3n) is 4.17. The van der Waals surface area contributed by atoms with Crippen LogP contribution in [0.1, 0.15) is 28.8 Å². The van der Waals surface area contributed by atoms with Gasteiger partial charge in [0, 0.05) is 24.8 Å². The van der Waals surface area contributed by atoms with Crippen molar-refractivity contribution < 1.29 is 28.0 Å². The topological polar surface area (TPSA) is 59.0 Å². The Balaban J connectivity index is 1.62. The largest absolute Gasteiger partial charge is 0.573 e. The molecule has 0 saturated carbocycles. The maximum absolute atomic E-state index is 12.4. The van der Waals surface area contributed by atoms with E-state index in [4.69, 9.17) is 0 Å². The molecule has 26 heavy (non-hydrogen) atoms. The second kappa shape index (κ2) is 7.74. The first-order valence-electron chi connectivity index (χ1n) is 8.34. The normalized spacial score (nSPS) is 14.5. The summed E-state index contributed by atoms with van der Waals surface area (Å²) in [6, 6.07) is 9.27. The molecule has 0 spiro atoms. The molecule has 1 saturated heterocycles. The van der Waals surface area contributed by atoms with E-state index >= 15 is 0 Å². The number of carbonyl (C=O) groups is 1. The van der Waals surface area contributed by atoms with Gasteiger partial charge in [-0.3, -0.25) is 5.32 Å². The average Bonchev–Trinajstić information content (AvgIpc) is 3.14. The van der Waals surface area contributed by atoms with Crippen LogP contribution in [-0.2, 0) is 6.54 Å². The predicted octanol–water partition coefficient (Wildman–Crippen LogP) is 2.48. The van der Waals surface area contributed by atoms with E-state index in [1.54, 1.807) is 18.2 Å². The minimum absolute atomic E-state index is 0.0406. The van der Waals surface area contributed by atoms with Crippen LogP contribution in [0.25, 0.3) is 0 Å². The van der Waals surface area contributed by atoms with Crippen molar-refractivity contribution in [1.29, 1.82) is 0 Å². The molecule has 1 amide bonds. The molecule has 1 fully saturated rings. The van der Waals surface area contributed by atoms with Gasteiger partial charge >= 0.3 is 12.3 Å². The quantitative estimate of drug-likeness (QED) is 0.883. The Labute approximate surface area is 148 Å². The Bertz CT molecular complexity index is 757. The number of nitrogens with two attached hydrogens (primary N) is 1. The highest BCUT2D eigenvalue weighted by Crippen LogP contribution is 2.25. The van der Waals surface area contributed by atoms with Gasteiger partial charge < -0.3 is 9.64 Å². The molecule has 2 aromatic rings. The summed E-state index contributed by atoms with van der Waals surface area (Å²) in [4.78, 5) is 18.7. The van der Waals surface area contributed by atoms with Crippen LogP contribution in [0.2, 0.25) is 0 Å². The summed E-state index contributed by atoms with van der Waals surface area (Å²) < 4.78 is 41.3. The molecule has 1 aliphatic rings. The molecule has 3 rings (SSSR count). The lowest BCUT2D eigenvalue weighted by atomic mass is 10.2. The van der Waals surface area contributed by atoms with E-state index in [1.165, 1.54) is 29.7 Å². The first-order valence-corrected chi connectivity index (χ1v) is 8.34. The van der Waals surface area contributed by atoms with Crippen molar-refractivity contribution in [3.8, 4) is 5.75 Å². The maximum atomic E-state index is 12.4. The van der Waals surface area contributed by atoms with Crippen LogP contribution < -0.4 is 15.0 Å². The molecular formula is C18H19F3N3O2+. The van der Waals surface area contributed by atoms with Crippen LogP contribution in [0, 0.1) is 0 Å². The summed E-state index contributed by atoms with van der Waals surface area (Å²) in [5.74, 6) is 0.252.